The Labute approximate surface area is 153 Å². The number of imidazole rings is 1. The molecule has 7 nitrogen and oxygen atoms in total. The summed E-state index contributed by atoms with van der Waals surface area (Å²) in [7, 11) is 0. The highest BCUT2D eigenvalue weighted by Crippen LogP contribution is 2.15. The van der Waals surface area contributed by atoms with Crippen molar-refractivity contribution >= 4 is 17.7 Å². The minimum Gasteiger partial charge on any atom is -0.348 e. The molecule has 1 N–H and O–H groups in total. The highest BCUT2D eigenvalue weighted by molar-refractivity contribution is 5.91. The molecule has 0 unspecified atom stereocenters. The van der Waals surface area contributed by atoms with Crippen LogP contribution in [0.5, 0.6) is 0 Å². The van der Waals surface area contributed by atoms with E-state index in [1.54, 1.807) is 41.2 Å². The number of benzene rings is 2. The molecule has 8 heteroatoms. The van der Waals surface area contributed by atoms with Gasteiger partial charge in [-0.1, -0.05) is 18.2 Å². The zero-order valence-electron chi connectivity index (χ0n) is 14.1. The Morgan fingerprint density at radius 2 is 2.15 bits per heavy atom. The highest BCUT2D eigenvalue weighted by atomic mass is 19.1. The van der Waals surface area contributed by atoms with Crippen molar-refractivity contribution in [3.05, 3.63) is 94.3 Å². The monoisotopic (exact) mass is 366 g/mol. The van der Waals surface area contributed by atoms with Gasteiger partial charge >= 0.3 is 0 Å². The third-order valence-electron chi connectivity index (χ3n) is 3.77. The van der Waals surface area contributed by atoms with Crippen LogP contribution in [0.15, 0.2) is 67.3 Å². The fraction of sp³-hybridized carbons (Fsp3) is 0.0526. The Kier molecular flexibility index (Phi) is 5.36. The maximum absolute atomic E-state index is 14.2. The molecule has 0 bridgehead atoms. The number of hydrogen-bond acceptors (Lipinski definition) is 4. The molecule has 27 heavy (non-hydrogen) atoms. The minimum atomic E-state index is -0.501. The number of halogens is 1. The SMILES string of the molecule is O=C(/C=C/c1cccc([N+](=O)[O-])c1)NCc1ccc(-n2ccnc2)c(F)c1. The Morgan fingerprint density at radius 1 is 1.30 bits per heavy atom. The summed E-state index contributed by atoms with van der Waals surface area (Å²) in [6, 6.07) is 10.6. The van der Waals surface area contributed by atoms with Gasteiger partial charge in [-0.05, 0) is 29.3 Å². The fourth-order valence-electron chi connectivity index (χ4n) is 2.43. The van der Waals surface area contributed by atoms with Crippen molar-refractivity contribution in [2.75, 3.05) is 0 Å². The largest absolute Gasteiger partial charge is 0.348 e. The summed E-state index contributed by atoms with van der Waals surface area (Å²) in [5, 5.41) is 13.4. The van der Waals surface area contributed by atoms with Gasteiger partial charge in [0.15, 0.2) is 0 Å². The van der Waals surface area contributed by atoms with Crippen LogP contribution in [0.3, 0.4) is 0 Å². The Hall–Kier alpha value is -3.81. The molecule has 0 radical (unpaired) electrons. The molecule has 3 rings (SSSR count). The lowest BCUT2D eigenvalue weighted by Gasteiger charge is -2.07. The van der Waals surface area contributed by atoms with E-state index in [-0.39, 0.29) is 18.1 Å². The normalized spacial score (nSPS) is 10.9. The molecule has 1 heterocycles. The van der Waals surface area contributed by atoms with Gasteiger partial charge in [0.1, 0.15) is 5.82 Å². The Bertz CT molecular complexity index is 1000. The molecule has 0 spiro atoms. The zero-order valence-corrected chi connectivity index (χ0v) is 14.1. The number of non-ortho nitro benzene ring substituents is 1. The van der Waals surface area contributed by atoms with Crippen molar-refractivity contribution in [1.82, 2.24) is 14.9 Å². The van der Waals surface area contributed by atoms with Gasteiger partial charge in [0, 0.05) is 37.1 Å². The lowest BCUT2D eigenvalue weighted by Crippen LogP contribution is -2.20. The second-order valence-electron chi connectivity index (χ2n) is 5.66. The first-order valence-electron chi connectivity index (χ1n) is 8.00. The van der Waals surface area contributed by atoms with Crippen LogP contribution in [-0.4, -0.2) is 20.4 Å². The van der Waals surface area contributed by atoms with Crippen LogP contribution in [0.1, 0.15) is 11.1 Å². The van der Waals surface area contributed by atoms with E-state index >= 15 is 0 Å². The summed E-state index contributed by atoms with van der Waals surface area (Å²) < 4.78 is 15.7. The van der Waals surface area contributed by atoms with E-state index in [0.717, 1.165) is 0 Å². The first-order valence-corrected chi connectivity index (χ1v) is 8.00. The molecule has 0 fully saturated rings. The van der Waals surface area contributed by atoms with Crippen LogP contribution in [0, 0.1) is 15.9 Å². The molecule has 3 aromatic rings. The van der Waals surface area contributed by atoms with Crippen LogP contribution >= 0.6 is 0 Å². The number of aromatic nitrogens is 2. The maximum Gasteiger partial charge on any atom is 0.270 e. The van der Waals surface area contributed by atoms with Crippen LogP contribution in [0.2, 0.25) is 0 Å². The summed E-state index contributed by atoms with van der Waals surface area (Å²) in [5.41, 5.74) is 1.46. The predicted molar refractivity (Wildman–Crippen MR) is 97.5 cm³/mol. The van der Waals surface area contributed by atoms with Crippen LogP contribution < -0.4 is 5.32 Å². The topological polar surface area (TPSA) is 90.1 Å². The zero-order chi connectivity index (χ0) is 19.2. The van der Waals surface area contributed by atoms with Crippen molar-refractivity contribution in [2.24, 2.45) is 0 Å². The quantitative estimate of drug-likeness (QED) is 0.412. The van der Waals surface area contributed by atoms with Gasteiger partial charge < -0.3 is 9.88 Å². The van der Waals surface area contributed by atoms with E-state index in [9.17, 15) is 19.3 Å². The van der Waals surface area contributed by atoms with Gasteiger partial charge in [-0.2, -0.15) is 0 Å². The Morgan fingerprint density at radius 3 is 2.85 bits per heavy atom. The van der Waals surface area contributed by atoms with E-state index < -0.39 is 10.7 Å². The highest BCUT2D eigenvalue weighted by Gasteiger charge is 2.07. The minimum absolute atomic E-state index is 0.0500. The smallest absolute Gasteiger partial charge is 0.270 e. The van der Waals surface area contributed by atoms with Crippen molar-refractivity contribution < 1.29 is 14.1 Å². The molecule has 1 aromatic heterocycles. The van der Waals surface area contributed by atoms with Gasteiger partial charge in [0.25, 0.3) is 5.69 Å². The van der Waals surface area contributed by atoms with Crippen molar-refractivity contribution in [1.29, 1.82) is 0 Å². The molecule has 0 atom stereocenters. The summed E-state index contributed by atoms with van der Waals surface area (Å²) in [6.07, 6.45) is 7.44. The standard InChI is InChI=1S/C19H15FN4O3/c20-17-11-15(4-6-18(17)23-9-8-21-13-23)12-22-19(25)7-5-14-2-1-3-16(10-14)24(26)27/h1-11,13H,12H2,(H,22,25)/b7-5+. The lowest BCUT2D eigenvalue weighted by molar-refractivity contribution is -0.384. The molecule has 136 valence electrons. The number of amides is 1. The molecule has 0 saturated carbocycles. The summed E-state index contributed by atoms with van der Waals surface area (Å²) in [6.45, 7) is 0.152. The van der Waals surface area contributed by atoms with Crippen molar-refractivity contribution in [3.8, 4) is 5.69 Å². The summed E-state index contributed by atoms with van der Waals surface area (Å²) in [4.78, 5) is 26.0. The third-order valence-corrected chi connectivity index (χ3v) is 3.77. The number of carbonyl (C=O) groups excluding carboxylic acids is 1. The van der Waals surface area contributed by atoms with E-state index in [2.05, 4.69) is 10.3 Å². The Balaban J connectivity index is 1.60. The number of nitrogens with one attached hydrogen (secondary N) is 1. The molecule has 0 saturated heterocycles. The number of hydrogen-bond donors (Lipinski definition) is 1. The van der Waals surface area contributed by atoms with E-state index in [0.29, 0.717) is 16.8 Å². The number of carbonyl (C=O) groups is 1. The fourth-order valence-corrected chi connectivity index (χ4v) is 2.43. The lowest BCUT2D eigenvalue weighted by atomic mass is 10.2. The third kappa shape index (κ3) is 4.63. The number of rotatable bonds is 6. The van der Waals surface area contributed by atoms with Crippen molar-refractivity contribution in [3.63, 3.8) is 0 Å². The summed E-state index contributed by atoms with van der Waals surface area (Å²) >= 11 is 0. The molecule has 0 aliphatic rings. The molecular formula is C19H15FN4O3. The van der Waals surface area contributed by atoms with Crippen LogP contribution in [0.4, 0.5) is 10.1 Å². The molecule has 1 amide bonds. The number of nitrogens with zero attached hydrogens (tertiary/aromatic N) is 3. The van der Waals surface area contributed by atoms with E-state index in [1.807, 2.05) is 0 Å². The van der Waals surface area contributed by atoms with Gasteiger partial charge in [-0.25, -0.2) is 9.37 Å². The average molecular weight is 366 g/mol. The molecule has 2 aromatic carbocycles. The second kappa shape index (κ2) is 8.05. The van der Waals surface area contributed by atoms with Gasteiger partial charge in [0.05, 0.1) is 16.9 Å². The average Bonchev–Trinajstić information content (AvgIpc) is 3.19. The first kappa shape index (κ1) is 18.0. The maximum atomic E-state index is 14.2. The number of nitro benzene ring substituents is 1. The van der Waals surface area contributed by atoms with Crippen LogP contribution in [-0.2, 0) is 11.3 Å². The van der Waals surface area contributed by atoms with Gasteiger partial charge in [-0.3, -0.25) is 14.9 Å². The molecular weight excluding hydrogens is 351 g/mol. The van der Waals surface area contributed by atoms with E-state index in [4.69, 9.17) is 0 Å². The van der Waals surface area contributed by atoms with Crippen LogP contribution in [0.25, 0.3) is 11.8 Å². The van der Waals surface area contributed by atoms with Gasteiger partial charge in [0.2, 0.25) is 5.91 Å². The molecule has 0 aliphatic carbocycles. The second-order valence-corrected chi connectivity index (χ2v) is 5.66. The molecule has 0 aliphatic heterocycles. The first-order chi connectivity index (χ1) is 13.0. The summed E-state index contributed by atoms with van der Waals surface area (Å²) in [5.74, 6) is -0.813. The van der Waals surface area contributed by atoms with Gasteiger partial charge in [-0.15, -0.1) is 0 Å². The van der Waals surface area contributed by atoms with Crippen molar-refractivity contribution in [2.45, 2.75) is 6.54 Å². The van der Waals surface area contributed by atoms with E-state index in [1.165, 1.54) is 36.7 Å². The number of nitro groups is 1. The predicted octanol–water partition coefficient (Wildman–Crippen LogP) is 3.25.